The number of aromatic nitrogens is 1. The highest BCUT2D eigenvalue weighted by Crippen LogP contribution is 2.22. The van der Waals surface area contributed by atoms with Crippen LogP contribution in [0.3, 0.4) is 0 Å². The van der Waals surface area contributed by atoms with Gasteiger partial charge in [-0.25, -0.2) is 18.2 Å². The van der Waals surface area contributed by atoms with Crippen LogP contribution in [0.5, 0.6) is 0 Å². The van der Waals surface area contributed by atoms with Crippen LogP contribution in [0.1, 0.15) is 17.3 Å². The highest BCUT2D eigenvalue weighted by molar-refractivity contribution is 7.92. The zero-order valence-corrected chi connectivity index (χ0v) is 18.8. The van der Waals surface area contributed by atoms with Gasteiger partial charge in [0.25, 0.3) is 15.9 Å². The van der Waals surface area contributed by atoms with Crippen LogP contribution in [0.15, 0.2) is 77.8 Å². The van der Waals surface area contributed by atoms with Gasteiger partial charge < -0.3 is 10.1 Å². The molecule has 0 aliphatic rings. The summed E-state index contributed by atoms with van der Waals surface area (Å²) in [6.45, 7) is 1.41. The Balaban J connectivity index is 1.65. The number of amides is 1. The molecule has 1 N–H and O–H groups in total. The zero-order valence-electron chi connectivity index (χ0n) is 17.2. The first kappa shape index (κ1) is 23.2. The Morgan fingerprint density at radius 1 is 1.03 bits per heavy atom. The Morgan fingerprint density at radius 3 is 2.28 bits per heavy atom. The van der Waals surface area contributed by atoms with E-state index in [1.165, 1.54) is 50.5 Å². The van der Waals surface area contributed by atoms with E-state index in [1.54, 1.807) is 36.4 Å². The molecule has 0 radical (unpaired) electrons. The molecule has 10 heteroatoms. The molecule has 1 atom stereocenters. The number of carbonyl (C=O) groups is 2. The molecule has 0 bridgehead atoms. The lowest BCUT2D eigenvalue weighted by molar-refractivity contribution is -0.123. The van der Waals surface area contributed by atoms with Crippen LogP contribution in [0.4, 0.5) is 11.5 Å². The first-order chi connectivity index (χ1) is 15.2. The summed E-state index contributed by atoms with van der Waals surface area (Å²) in [7, 11) is -2.36. The SMILES string of the molecule is C[C@H](OC(=O)c1ccc(S(=O)(=O)N(C)c2ccccc2)cc1)C(=O)Nc1ccc(Cl)cn1. The summed E-state index contributed by atoms with van der Waals surface area (Å²) in [5.41, 5.74) is 0.613. The van der Waals surface area contributed by atoms with Crippen LogP contribution < -0.4 is 9.62 Å². The normalized spacial score (nSPS) is 12.0. The van der Waals surface area contributed by atoms with Crippen molar-refractivity contribution in [2.45, 2.75) is 17.9 Å². The van der Waals surface area contributed by atoms with E-state index < -0.39 is 28.0 Å². The van der Waals surface area contributed by atoms with Crippen molar-refractivity contribution in [3.63, 3.8) is 0 Å². The van der Waals surface area contributed by atoms with Gasteiger partial charge in [0.05, 0.1) is 21.2 Å². The molecular formula is C22H20ClN3O5S. The summed E-state index contributed by atoms with van der Waals surface area (Å²) in [6, 6.07) is 17.0. The van der Waals surface area contributed by atoms with E-state index in [-0.39, 0.29) is 16.3 Å². The van der Waals surface area contributed by atoms with Crippen molar-refractivity contribution in [1.82, 2.24) is 4.98 Å². The lowest BCUT2D eigenvalue weighted by Gasteiger charge is -2.19. The lowest BCUT2D eigenvalue weighted by Crippen LogP contribution is -2.30. The van der Waals surface area contributed by atoms with Crippen molar-refractivity contribution >= 4 is 45.0 Å². The van der Waals surface area contributed by atoms with Gasteiger partial charge in [-0.15, -0.1) is 0 Å². The summed E-state index contributed by atoms with van der Waals surface area (Å²) in [5, 5.41) is 2.93. The number of hydrogen-bond acceptors (Lipinski definition) is 6. The monoisotopic (exact) mass is 473 g/mol. The largest absolute Gasteiger partial charge is 0.449 e. The highest BCUT2D eigenvalue weighted by Gasteiger charge is 2.23. The van der Waals surface area contributed by atoms with Crippen LogP contribution in [-0.4, -0.2) is 38.4 Å². The van der Waals surface area contributed by atoms with E-state index in [1.807, 2.05) is 0 Å². The molecule has 0 saturated heterocycles. The standard InChI is InChI=1S/C22H20ClN3O5S/c1-15(21(27)25-20-13-10-17(23)14-24-20)31-22(28)16-8-11-19(12-9-16)32(29,30)26(2)18-6-4-3-5-7-18/h3-15H,1-2H3,(H,24,25,27)/t15-/m0/s1. The van der Waals surface area contributed by atoms with Crippen molar-refractivity contribution in [2.24, 2.45) is 0 Å². The van der Waals surface area contributed by atoms with Crippen molar-refractivity contribution in [3.05, 3.63) is 83.5 Å². The average molecular weight is 474 g/mol. The number of nitrogens with one attached hydrogen (secondary N) is 1. The van der Waals surface area contributed by atoms with E-state index in [2.05, 4.69) is 10.3 Å². The molecule has 1 amide bonds. The van der Waals surface area contributed by atoms with Gasteiger partial charge in [-0.3, -0.25) is 9.10 Å². The second-order valence-electron chi connectivity index (χ2n) is 6.73. The van der Waals surface area contributed by atoms with Crippen molar-refractivity contribution in [2.75, 3.05) is 16.7 Å². The molecule has 166 valence electrons. The van der Waals surface area contributed by atoms with Gasteiger partial charge in [-0.05, 0) is 55.5 Å². The van der Waals surface area contributed by atoms with E-state index >= 15 is 0 Å². The number of benzene rings is 2. The molecule has 0 unspecified atom stereocenters. The van der Waals surface area contributed by atoms with Crippen molar-refractivity contribution < 1.29 is 22.7 Å². The summed E-state index contributed by atoms with van der Waals surface area (Å²) >= 11 is 5.75. The number of nitrogens with zero attached hydrogens (tertiary/aromatic N) is 2. The molecule has 0 saturated carbocycles. The van der Waals surface area contributed by atoms with Gasteiger partial charge in [-0.2, -0.15) is 0 Å². The summed E-state index contributed by atoms with van der Waals surface area (Å²) in [6.07, 6.45) is 0.270. The molecule has 32 heavy (non-hydrogen) atoms. The average Bonchev–Trinajstić information content (AvgIpc) is 2.80. The van der Waals surface area contributed by atoms with E-state index in [0.717, 1.165) is 4.31 Å². The van der Waals surface area contributed by atoms with E-state index in [4.69, 9.17) is 16.3 Å². The maximum absolute atomic E-state index is 12.8. The molecule has 1 heterocycles. The number of carbonyl (C=O) groups excluding carboxylic acids is 2. The molecule has 8 nitrogen and oxygen atoms in total. The predicted molar refractivity (Wildman–Crippen MR) is 121 cm³/mol. The van der Waals surface area contributed by atoms with Gasteiger partial charge in [0.15, 0.2) is 6.10 Å². The first-order valence-corrected chi connectivity index (χ1v) is 11.3. The summed E-state index contributed by atoms with van der Waals surface area (Å²) in [5.74, 6) is -1.08. The Labute approximate surface area is 190 Å². The first-order valence-electron chi connectivity index (χ1n) is 9.46. The maximum atomic E-state index is 12.8. The topological polar surface area (TPSA) is 106 Å². The predicted octanol–water partition coefficient (Wildman–Crippen LogP) is 3.74. The van der Waals surface area contributed by atoms with Crippen LogP contribution in [-0.2, 0) is 19.6 Å². The maximum Gasteiger partial charge on any atom is 0.338 e. The Hall–Kier alpha value is -3.43. The minimum atomic E-state index is -3.81. The number of sulfonamides is 1. The van der Waals surface area contributed by atoms with Crippen LogP contribution in [0.2, 0.25) is 5.02 Å². The van der Waals surface area contributed by atoms with Crippen molar-refractivity contribution in [1.29, 1.82) is 0 Å². The number of ether oxygens (including phenoxy) is 1. The Morgan fingerprint density at radius 2 is 1.69 bits per heavy atom. The Bertz CT molecular complexity index is 1200. The molecule has 3 aromatic rings. The van der Waals surface area contributed by atoms with Gasteiger partial charge in [0.1, 0.15) is 5.82 Å². The van der Waals surface area contributed by atoms with Gasteiger partial charge in [-0.1, -0.05) is 29.8 Å². The number of anilines is 2. The molecule has 2 aromatic carbocycles. The fourth-order valence-corrected chi connectivity index (χ4v) is 3.96. The summed E-state index contributed by atoms with van der Waals surface area (Å²) < 4.78 is 32.0. The second-order valence-corrected chi connectivity index (χ2v) is 9.14. The smallest absolute Gasteiger partial charge is 0.338 e. The number of pyridine rings is 1. The zero-order chi connectivity index (χ0) is 23.3. The fourth-order valence-electron chi connectivity index (χ4n) is 2.66. The van der Waals surface area contributed by atoms with Crippen LogP contribution in [0.25, 0.3) is 0 Å². The molecule has 1 aromatic heterocycles. The number of rotatable bonds is 7. The quantitative estimate of drug-likeness (QED) is 0.524. The van der Waals surface area contributed by atoms with Gasteiger partial charge in [0.2, 0.25) is 0 Å². The van der Waals surface area contributed by atoms with Crippen LogP contribution in [0, 0.1) is 0 Å². The molecule has 0 spiro atoms. The number of para-hydroxylation sites is 1. The minimum absolute atomic E-state index is 0.0139. The minimum Gasteiger partial charge on any atom is -0.449 e. The Kier molecular flexibility index (Phi) is 7.12. The number of hydrogen-bond donors (Lipinski definition) is 1. The molecule has 0 fully saturated rings. The van der Waals surface area contributed by atoms with E-state index in [0.29, 0.717) is 10.7 Å². The molecular weight excluding hydrogens is 454 g/mol. The van der Waals surface area contributed by atoms with Crippen LogP contribution >= 0.6 is 11.6 Å². The number of halogens is 1. The molecule has 3 rings (SSSR count). The van der Waals surface area contributed by atoms with E-state index in [9.17, 15) is 18.0 Å². The third kappa shape index (κ3) is 5.43. The second kappa shape index (κ2) is 9.80. The lowest BCUT2D eigenvalue weighted by atomic mass is 10.2. The molecule has 0 aliphatic carbocycles. The fraction of sp³-hybridized carbons (Fsp3) is 0.136. The third-order valence-electron chi connectivity index (χ3n) is 4.50. The van der Waals surface area contributed by atoms with Gasteiger partial charge >= 0.3 is 5.97 Å². The number of esters is 1. The highest BCUT2D eigenvalue weighted by atomic mass is 35.5. The third-order valence-corrected chi connectivity index (χ3v) is 6.52. The molecule has 0 aliphatic heterocycles. The van der Waals surface area contributed by atoms with Gasteiger partial charge in [0, 0.05) is 13.2 Å². The van der Waals surface area contributed by atoms with Crippen molar-refractivity contribution in [3.8, 4) is 0 Å². The summed E-state index contributed by atoms with van der Waals surface area (Å²) in [4.78, 5) is 28.5.